The molecule has 0 aliphatic rings. The van der Waals surface area contributed by atoms with E-state index in [4.69, 9.17) is 10.2 Å². The summed E-state index contributed by atoms with van der Waals surface area (Å²) in [6, 6.07) is -1.51. The number of aromatic amines is 1. The van der Waals surface area contributed by atoms with E-state index in [0.29, 0.717) is 0 Å². The van der Waals surface area contributed by atoms with Gasteiger partial charge in [0.1, 0.15) is 10.9 Å². The Balaban J connectivity index is 2.98. The van der Waals surface area contributed by atoms with Crippen molar-refractivity contribution in [3.05, 3.63) is 11.4 Å². The molecule has 0 radical (unpaired) electrons. The van der Waals surface area contributed by atoms with Gasteiger partial charge in [0.05, 0.1) is 11.4 Å². The second-order valence-corrected chi connectivity index (χ2v) is 5.86. The highest BCUT2D eigenvalue weighted by molar-refractivity contribution is 7.89. The number of hydrogen-bond acceptors (Lipinski definition) is 5. The fourth-order valence-corrected chi connectivity index (χ4v) is 3.28. The lowest BCUT2D eigenvalue weighted by Crippen LogP contribution is -2.41. The fraction of sp³-hybridized carbons (Fsp3) is 0.500. The number of aliphatic carboxylic acids is 2. The zero-order valence-electron chi connectivity index (χ0n) is 10.9. The number of aromatic nitrogens is 2. The average Bonchev–Trinajstić information content (AvgIpc) is 2.64. The Morgan fingerprint density at radius 1 is 1.35 bits per heavy atom. The molecule has 0 saturated heterocycles. The SMILES string of the molecule is Cc1n[nH]c(C)c1S(=O)(=O)NC(CCC(=O)O)C(=O)O. The van der Waals surface area contributed by atoms with Crippen molar-refractivity contribution in [1.29, 1.82) is 0 Å². The molecule has 0 bridgehead atoms. The molecule has 1 atom stereocenters. The van der Waals surface area contributed by atoms with Gasteiger partial charge >= 0.3 is 11.9 Å². The monoisotopic (exact) mass is 305 g/mol. The minimum absolute atomic E-state index is 0.126. The van der Waals surface area contributed by atoms with Crippen molar-refractivity contribution < 1.29 is 28.2 Å². The van der Waals surface area contributed by atoms with E-state index in [2.05, 4.69) is 10.2 Å². The van der Waals surface area contributed by atoms with Gasteiger partial charge in [-0.15, -0.1) is 0 Å². The van der Waals surface area contributed by atoms with Crippen LogP contribution in [0.3, 0.4) is 0 Å². The summed E-state index contributed by atoms with van der Waals surface area (Å²) >= 11 is 0. The van der Waals surface area contributed by atoms with Gasteiger partial charge in [0.15, 0.2) is 0 Å². The minimum atomic E-state index is -4.09. The maximum Gasteiger partial charge on any atom is 0.321 e. The lowest BCUT2D eigenvalue weighted by Gasteiger charge is -2.14. The second-order valence-electron chi connectivity index (χ2n) is 4.21. The summed E-state index contributed by atoms with van der Waals surface area (Å²) in [5, 5.41) is 23.7. The van der Waals surface area contributed by atoms with Crippen LogP contribution >= 0.6 is 0 Å². The number of carboxylic acid groups (broad SMARTS) is 2. The number of nitrogens with zero attached hydrogens (tertiary/aromatic N) is 1. The van der Waals surface area contributed by atoms with Gasteiger partial charge in [0.25, 0.3) is 0 Å². The Hall–Kier alpha value is -1.94. The molecule has 0 spiro atoms. The number of nitrogens with one attached hydrogen (secondary N) is 2. The van der Waals surface area contributed by atoms with Gasteiger partial charge in [-0.2, -0.15) is 9.82 Å². The van der Waals surface area contributed by atoms with Crippen LogP contribution in [0.2, 0.25) is 0 Å². The Morgan fingerprint density at radius 3 is 2.35 bits per heavy atom. The summed E-state index contributed by atoms with van der Waals surface area (Å²) in [5.74, 6) is -2.64. The molecule has 0 aliphatic carbocycles. The van der Waals surface area contributed by atoms with Crippen molar-refractivity contribution in [3.8, 4) is 0 Å². The Kier molecular flexibility index (Phi) is 4.84. The van der Waals surface area contributed by atoms with Crippen LogP contribution in [-0.2, 0) is 19.6 Å². The number of carboxylic acids is 2. The highest BCUT2D eigenvalue weighted by Crippen LogP contribution is 2.17. The van der Waals surface area contributed by atoms with E-state index in [1.807, 2.05) is 4.72 Å². The van der Waals surface area contributed by atoms with Gasteiger partial charge in [-0.25, -0.2) is 8.42 Å². The van der Waals surface area contributed by atoms with E-state index in [9.17, 15) is 18.0 Å². The van der Waals surface area contributed by atoms with Crippen LogP contribution in [0, 0.1) is 13.8 Å². The van der Waals surface area contributed by atoms with Crippen LogP contribution in [0.1, 0.15) is 24.2 Å². The van der Waals surface area contributed by atoms with Gasteiger partial charge in [0.2, 0.25) is 10.0 Å². The molecule has 0 fully saturated rings. The number of hydrogen-bond donors (Lipinski definition) is 4. The largest absolute Gasteiger partial charge is 0.481 e. The average molecular weight is 305 g/mol. The first-order chi connectivity index (χ1) is 9.15. The van der Waals surface area contributed by atoms with Crippen LogP contribution in [-0.4, -0.2) is 46.8 Å². The Morgan fingerprint density at radius 2 is 1.95 bits per heavy atom. The molecule has 0 amide bonds. The van der Waals surface area contributed by atoms with Crippen molar-refractivity contribution in [1.82, 2.24) is 14.9 Å². The summed E-state index contributed by atoms with van der Waals surface area (Å²) in [7, 11) is -4.09. The molecule has 112 valence electrons. The fourth-order valence-electron chi connectivity index (χ4n) is 1.68. The third-order valence-electron chi connectivity index (χ3n) is 2.57. The summed E-state index contributed by atoms with van der Waals surface area (Å²) < 4.78 is 26.2. The third-order valence-corrected chi connectivity index (χ3v) is 4.31. The maximum atomic E-state index is 12.1. The topological polar surface area (TPSA) is 149 Å². The van der Waals surface area contributed by atoms with Gasteiger partial charge in [0, 0.05) is 6.42 Å². The standard InChI is InChI=1S/C10H15N3O6S/c1-5-9(6(2)12-11-5)20(18,19)13-7(10(16)17)3-4-8(14)15/h7,13H,3-4H2,1-2H3,(H,11,12)(H,14,15)(H,16,17). The molecule has 20 heavy (non-hydrogen) atoms. The van der Waals surface area contributed by atoms with E-state index in [-0.39, 0.29) is 22.7 Å². The highest BCUT2D eigenvalue weighted by Gasteiger charge is 2.29. The third kappa shape index (κ3) is 3.78. The van der Waals surface area contributed by atoms with E-state index >= 15 is 0 Å². The maximum absolute atomic E-state index is 12.1. The van der Waals surface area contributed by atoms with Crippen LogP contribution in [0.5, 0.6) is 0 Å². The van der Waals surface area contributed by atoms with Gasteiger partial charge in [-0.05, 0) is 20.3 Å². The first-order valence-electron chi connectivity index (χ1n) is 5.63. The zero-order valence-corrected chi connectivity index (χ0v) is 11.7. The van der Waals surface area contributed by atoms with Crippen LogP contribution in [0.15, 0.2) is 4.90 Å². The molecule has 1 heterocycles. The van der Waals surface area contributed by atoms with Crippen LogP contribution < -0.4 is 4.72 Å². The molecule has 1 aromatic rings. The lowest BCUT2D eigenvalue weighted by atomic mass is 10.2. The normalized spacial score (nSPS) is 13.1. The van der Waals surface area contributed by atoms with E-state index in [0.717, 1.165) is 0 Å². The molecule has 1 rings (SSSR count). The molecule has 4 N–H and O–H groups in total. The molecule has 1 aromatic heterocycles. The molecule has 0 aliphatic heterocycles. The second kappa shape index (κ2) is 6.01. The van der Waals surface area contributed by atoms with Gasteiger partial charge < -0.3 is 10.2 Å². The van der Waals surface area contributed by atoms with E-state index < -0.39 is 34.4 Å². The number of rotatable bonds is 7. The molecule has 0 aromatic carbocycles. The molecule has 10 heteroatoms. The molecule has 1 unspecified atom stereocenters. The minimum Gasteiger partial charge on any atom is -0.481 e. The van der Waals surface area contributed by atoms with E-state index in [1.165, 1.54) is 13.8 Å². The molecule has 9 nitrogen and oxygen atoms in total. The molecular formula is C10H15N3O6S. The van der Waals surface area contributed by atoms with Crippen molar-refractivity contribution >= 4 is 22.0 Å². The number of aryl methyl sites for hydroxylation is 2. The molecule has 0 saturated carbocycles. The summed E-state index contributed by atoms with van der Waals surface area (Å²) in [5.41, 5.74) is 0.481. The predicted octanol–water partition coefficient (Wildman–Crippen LogP) is -0.377. The number of H-pyrrole nitrogens is 1. The number of carbonyl (C=O) groups is 2. The van der Waals surface area contributed by atoms with Crippen molar-refractivity contribution in [3.63, 3.8) is 0 Å². The summed E-state index contributed by atoms with van der Waals surface area (Å²) in [6.07, 6.45) is -0.803. The Bertz CT molecular complexity index is 601. The first-order valence-corrected chi connectivity index (χ1v) is 7.12. The smallest absolute Gasteiger partial charge is 0.321 e. The van der Waals surface area contributed by atoms with Crippen LogP contribution in [0.25, 0.3) is 0 Å². The first kappa shape index (κ1) is 16.1. The number of sulfonamides is 1. The lowest BCUT2D eigenvalue weighted by molar-refractivity contribution is -0.140. The van der Waals surface area contributed by atoms with Gasteiger partial charge in [-0.3, -0.25) is 14.7 Å². The van der Waals surface area contributed by atoms with Gasteiger partial charge in [-0.1, -0.05) is 0 Å². The highest BCUT2D eigenvalue weighted by atomic mass is 32.2. The van der Waals surface area contributed by atoms with Crippen LogP contribution in [0.4, 0.5) is 0 Å². The summed E-state index contributed by atoms with van der Waals surface area (Å²) in [4.78, 5) is 21.3. The molecular weight excluding hydrogens is 290 g/mol. The van der Waals surface area contributed by atoms with Crippen molar-refractivity contribution in [2.24, 2.45) is 0 Å². The predicted molar refractivity (Wildman–Crippen MR) is 66.7 cm³/mol. The zero-order chi connectivity index (χ0) is 15.5. The van der Waals surface area contributed by atoms with Crippen molar-refractivity contribution in [2.45, 2.75) is 37.6 Å². The Labute approximate surface area is 115 Å². The quantitative estimate of drug-likeness (QED) is 0.536. The summed E-state index contributed by atoms with van der Waals surface area (Å²) in [6.45, 7) is 2.95. The van der Waals surface area contributed by atoms with Crippen molar-refractivity contribution in [2.75, 3.05) is 0 Å². The van der Waals surface area contributed by atoms with E-state index in [1.54, 1.807) is 0 Å².